The molecular formula is C14H16ClN3O2. The normalized spacial score (nSPS) is 10.4. The number of ether oxygens (including phenoxy) is 1. The average molecular weight is 294 g/mol. The van der Waals surface area contributed by atoms with Gasteiger partial charge >= 0.3 is 0 Å². The van der Waals surface area contributed by atoms with Crippen molar-refractivity contribution in [3.05, 3.63) is 46.7 Å². The van der Waals surface area contributed by atoms with Crippen LogP contribution >= 0.6 is 11.6 Å². The number of hydrogen-bond acceptors (Lipinski definition) is 3. The second kappa shape index (κ2) is 5.96. The van der Waals surface area contributed by atoms with Crippen LogP contribution in [0.25, 0.3) is 0 Å². The first-order valence-corrected chi connectivity index (χ1v) is 6.45. The molecule has 0 aliphatic carbocycles. The van der Waals surface area contributed by atoms with E-state index in [4.69, 9.17) is 16.3 Å². The maximum Gasteiger partial charge on any atom is 0.257 e. The van der Waals surface area contributed by atoms with Crippen LogP contribution in [0.5, 0.6) is 5.75 Å². The molecule has 0 N–H and O–H groups in total. The van der Waals surface area contributed by atoms with Crippen LogP contribution in [0.1, 0.15) is 15.9 Å². The summed E-state index contributed by atoms with van der Waals surface area (Å²) in [5, 5.41) is 4.62. The Morgan fingerprint density at radius 2 is 2.25 bits per heavy atom. The molecule has 0 bridgehead atoms. The third-order valence-electron chi connectivity index (χ3n) is 2.92. The number of methoxy groups -OCH3 is 1. The maximum absolute atomic E-state index is 12.4. The van der Waals surface area contributed by atoms with Crippen molar-refractivity contribution in [3.63, 3.8) is 0 Å². The summed E-state index contributed by atoms with van der Waals surface area (Å²) in [6.07, 6.45) is 3.62. The topological polar surface area (TPSA) is 47.4 Å². The molecular weight excluding hydrogens is 278 g/mol. The number of rotatable bonds is 4. The highest BCUT2D eigenvalue weighted by molar-refractivity contribution is 6.30. The minimum Gasteiger partial charge on any atom is -0.496 e. The van der Waals surface area contributed by atoms with Crippen molar-refractivity contribution in [1.29, 1.82) is 0 Å². The van der Waals surface area contributed by atoms with Gasteiger partial charge < -0.3 is 9.64 Å². The fraction of sp³-hybridized carbons (Fsp3) is 0.286. The molecule has 20 heavy (non-hydrogen) atoms. The number of hydrogen-bond donors (Lipinski definition) is 0. The molecule has 0 unspecified atom stereocenters. The first-order chi connectivity index (χ1) is 9.51. The summed E-state index contributed by atoms with van der Waals surface area (Å²) in [7, 11) is 5.10. The molecule has 5 nitrogen and oxygen atoms in total. The third-order valence-corrected chi connectivity index (χ3v) is 3.15. The van der Waals surface area contributed by atoms with Crippen molar-refractivity contribution in [2.24, 2.45) is 7.05 Å². The molecule has 0 atom stereocenters. The van der Waals surface area contributed by atoms with Gasteiger partial charge in [0, 0.05) is 37.4 Å². The molecule has 6 heteroatoms. The Balaban J connectivity index is 2.18. The Bertz CT molecular complexity index is 625. The number of carbonyl (C=O) groups excluding carboxylic acids is 1. The molecule has 2 rings (SSSR count). The number of benzene rings is 1. The third kappa shape index (κ3) is 3.11. The second-order valence-electron chi connectivity index (χ2n) is 4.53. The lowest BCUT2D eigenvalue weighted by Gasteiger charge is -2.18. The van der Waals surface area contributed by atoms with Crippen molar-refractivity contribution in [2.75, 3.05) is 14.2 Å². The van der Waals surface area contributed by atoms with Crippen LogP contribution in [0.15, 0.2) is 30.6 Å². The van der Waals surface area contributed by atoms with E-state index in [2.05, 4.69) is 5.10 Å². The average Bonchev–Trinajstić information content (AvgIpc) is 2.83. The van der Waals surface area contributed by atoms with Gasteiger partial charge in [0.15, 0.2) is 0 Å². The summed E-state index contributed by atoms with van der Waals surface area (Å²) in [5.41, 5.74) is 1.46. The molecule has 0 fully saturated rings. The number of halogens is 1. The first kappa shape index (κ1) is 14.4. The van der Waals surface area contributed by atoms with E-state index in [9.17, 15) is 4.79 Å². The minimum absolute atomic E-state index is 0.123. The summed E-state index contributed by atoms with van der Waals surface area (Å²) in [4.78, 5) is 14.0. The maximum atomic E-state index is 12.4. The van der Waals surface area contributed by atoms with Gasteiger partial charge in [-0.1, -0.05) is 11.6 Å². The van der Waals surface area contributed by atoms with Gasteiger partial charge in [0.25, 0.3) is 5.91 Å². The molecule has 0 aliphatic heterocycles. The lowest BCUT2D eigenvalue weighted by molar-refractivity contribution is 0.0781. The van der Waals surface area contributed by atoms with Crippen LogP contribution in [0.2, 0.25) is 5.02 Å². The SMILES string of the molecule is COc1cc(Cl)ccc1C(=O)N(C)Cc1cnn(C)c1. The fourth-order valence-corrected chi connectivity index (χ4v) is 2.11. The van der Waals surface area contributed by atoms with Crippen LogP contribution < -0.4 is 4.74 Å². The molecule has 0 aliphatic rings. The molecule has 0 saturated carbocycles. The van der Waals surface area contributed by atoms with E-state index in [1.54, 1.807) is 41.0 Å². The molecule has 106 valence electrons. The summed E-state index contributed by atoms with van der Waals surface area (Å²) in [6.45, 7) is 0.485. The Morgan fingerprint density at radius 1 is 1.50 bits per heavy atom. The predicted molar refractivity (Wildman–Crippen MR) is 77.0 cm³/mol. The standard InChI is InChI=1S/C14H16ClN3O2/c1-17(8-10-7-16-18(2)9-10)14(19)12-5-4-11(15)6-13(12)20-3/h4-7,9H,8H2,1-3H3. The summed E-state index contributed by atoms with van der Waals surface area (Å²) in [5.74, 6) is 0.350. The number of carbonyl (C=O) groups is 1. The van der Waals surface area contributed by atoms with Gasteiger partial charge in [0.2, 0.25) is 0 Å². The van der Waals surface area contributed by atoms with Crippen molar-refractivity contribution in [3.8, 4) is 5.75 Å². The molecule has 1 heterocycles. The van der Waals surface area contributed by atoms with Gasteiger partial charge in [0.1, 0.15) is 5.75 Å². The lowest BCUT2D eigenvalue weighted by atomic mass is 10.1. The predicted octanol–water partition coefficient (Wildman–Crippen LogP) is 2.35. The highest BCUT2D eigenvalue weighted by atomic mass is 35.5. The van der Waals surface area contributed by atoms with Gasteiger partial charge in [-0.05, 0) is 18.2 Å². The molecule has 2 aromatic rings. The van der Waals surface area contributed by atoms with Gasteiger partial charge in [-0.25, -0.2) is 0 Å². The Morgan fingerprint density at radius 3 is 2.85 bits per heavy atom. The highest BCUT2D eigenvalue weighted by Crippen LogP contribution is 2.24. The van der Waals surface area contributed by atoms with E-state index >= 15 is 0 Å². The van der Waals surface area contributed by atoms with Crippen LogP contribution in [-0.2, 0) is 13.6 Å². The summed E-state index contributed by atoms with van der Waals surface area (Å²) >= 11 is 5.90. The fourth-order valence-electron chi connectivity index (χ4n) is 1.95. The van der Waals surface area contributed by atoms with Crippen molar-refractivity contribution < 1.29 is 9.53 Å². The van der Waals surface area contributed by atoms with E-state index in [1.165, 1.54) is 7.11 Å². The van der Waals surface area contributed by atoms with Crippen LogP contribution in [0, 0.1) is 0 Å². The van der Waals surface area contributed by atoms with Crippen molar-refractivity contribution in [1.82, 2.24) is 14.7 Å². The van der Waals surface area contributed by atoms with Crippen LogP contribution in [0.3, 0.4) is 0 Å². The van der Waals surface area contributed by atoms with Gasteiger partial charge in [-0.2, -0.15) is 5.10 Å². The number of amides is 1. The molecule has 1 aromatic carbocycles. The van der Waals surface area contributed by atoms with Crippen LogP contribution in [-0.4, -0.2) is 34.7 Å². The van der Waals surface area contributed by atoms with Crippen molar-refractivity contribution >= 4 is 17.5 Å². The zero-order valence-corrected chi connectivity index (χ0v) is 12.4. The number of aryl methyl sites for hydroxylation is 1. The molecule has 0 saturated heterocycles. The Labute approximate surface area is 122 Å². The zero-order valence-electron chi connectivity index (χ0n) is 11.6. The minimum atomic E-state index is -0.123. The zero-order chi connectivity index (χ0) is 14.7. The molecule has 1 amide bonds. The molecule has 0 spiro atoms. The van der Waals surface area contributed by atoms with E-state index in [-0.39, 0.29) is 5.91 Å². The van der Waals surface area contributed by atoms with Crippen molar-refractivity contribution in [2.45, 2.75) is 6.54 Å². The van der Waals surface area contributed by atoms with E-state index < -0.39 is 0 Å². The van der Waals surface area contributed by atoms with E-state index in [1.807, 2.05) is 13.2 Å². The monoisotopic (exact) mass is 293 g/mol. The quantitative estimate of drug-likeness (QED) is 0.869. The summed E-state index contributed by atoms with van der Waals surface area (Å²) in [6, 6.07) is 4.98. The van der Waals surface area contributed by atoms with Crippen LogP contribution in [0.4, 0.5) is 0 Å². The van der Waals surface area contributed by atoms with Gasteiger partial charge in [-0.3, -0.25) is 9.48 Å². The number of nitrogens with zero attached hydrogens (tertiary/aromatic N) is 3. The molecule has 0 radical (unpaired) electrons. The van der Waals surface area contributed by atoms with E-state index in [0.717, 1.165) is 5.56 Å². The van der Waals surface area contributed by atoms with Gasteiger partial charge in [-0.15, -0.1) is 0 Å². The highest BCUT2D eigenvalue weighted by Gasteiger charge is 2.17. The second-order valence-corrected chi connectivity index (χ2v) is 4.96. The van der Waals surface area contributed by atoms with E-state index in [0.29, 0.717) is 22.9 Å². The summed E-state index contributed by atoms with van der Waals surface area (Å²) < 4.78 is 6.91. The Hall–Kier alpha value is -2.01. The lowest BCUT2D eigenvalue weighted by Crippen LogP contribution is -2.26. The smallest absolute Gasteiger partial charge is 0.257 e. The van der Waals surface area contributed by atoms with Gasteiger partial charge in [0.05, 0.1) is 18.9 Å². The molecule has 1 aromatic heterocycles. The number of aromatic nitrogens is 2. The first-order valence-electron chi connectivity index (χ1n) is 6.08. The Kier molecular flexibility index (Phi) is 4.29. The largest absolute Gasteiger partial charge is 0.496 e.